The normalized spacial score (nSPS) is 15.3. The quantitative estimate of drug-likeness (QED) is 0.255. The van der Waals surface area contributed by atoms with E-state index in [1.54, 1.807) is 6.92 Å². The Morgan fingerprint density at radius 2 is 1.46 bits per heavy atom. The van der Waals surface area contributed by atoms with Crippen molar-refractivity contribution in [3.8, 4) is 0 Å². The highest BCUT2D eigenvalue weighted by Gasteiger charge is 2.19. The van der Waals surface area contributed by atoms with Crippen LogP contribution in [0, 0.1) is 0 Å². The van der Waals surface area contributed by atoms with Gasteiger partial charge in [-0.2, -0.15) is 0 Å². The van der Waals surface area contributed by atoms with Crippen molar-refractivity contribution >= 4 is 18.2 Å². The van der Waals surface area contributed by atoms with E-state index in [0.29, 0.717) is 0 Å². The molecule has 154 valence electrons. The summed E-state index contributed by atoms with van der Waals surface area (Å²) < 4.78 is 0. The Kier molecular flexibility index (Phi) is 17.5. The molecule has 1 N–H and O–H groups in total. The molecule has 0 saturated carbocycles. The Hall–Kier alpha value is -0.540. The smallest absolute Gasteiger partial charge is 0.128 e. The fourth-order valence-electron chi connectivity index (χ4n) is 3.50. The molecule has 4 heteroatoms. The fraction of sp³-hybridized carbons (Fsp3) is 0.864. The second kappa shape index (κ2) is 17.9. The lowest BCUT2D eigenvalue weighted by Crippen LogP contribution is -2.34. The van der Waals surface area contributed by atoms with Crippen molar-refractivity contribution in [3.05, 3.63) is 12.2 Å². The first-order chi connectivity index (χ1) is 12.3. The first-order valence-electron chi connectivity index (χ1n) is 10.9. The summed E-state index contributed by atoms with van der Waals surface area (Å²) in [6, 6.07) is 0. The second-order valence-corrected chi connectivity index (χ2v) is 7.51. The van der Waals surface area contributed by atoms with Crippen LogP contribution in [0.2, 0.25) is 0 Å². The Bertz CT molecular complexity index is 369. The van der Waals surface area contributed by atoms with E-state index in [-0.39, 0.29) is 12.4 Å². The summed E-state index contributed by atoms with van der Waals surface area (Å²) in [5.41, 5.74) is 0. The number of rotatable bonds is 16. The molecule has 0 aromatic heterocycles. The topological polar surface area (TPSA) is 35.8 Å². The van der Waals surface area contributed by atoms with Gasteiger partial charge in [0.2, 0.25) is 0 Å². The van der Waals surface area contributed by atoms with Crippen LogP contribution in [-0.2, 0) is 0 Å². The maximum absolute atomic E-state index is 9.65. The van der Waals surface area contributed by atoms with E-state index in [1.165, 1.54) is 83.5 Å². The molecule has 1 rings (SSSR count). The number of hydrogen-bond donors (Lipinski definition) is 1. The zero-order valence-corrected chi connectivity index (χ0v) is 18.1. The van der Waals surface area contributed by atoms with Crippen molar-refractivity contribution in [1.29, 1.82) is 0 Å². The first kappa shape index (κ1) is 25.5. The van der Waals surface area contributed by atoms with Gasteiger partial charge in [-0.1, -0.05) is 89.7 Å². The van der Waals surface area contributed by atoms with E-state index >= 15 is 0 Å². The number of nitrogens with zero attached hydrogens (tertiary/aromatic N) is 2. The number of aliphatic hydroxyl groups excluding tert-OH is 1. The third-order valence-corrected chi connectivity index (χ3v) is 5.06. The van der Waals surface area contributed by atoms with Crippen LogP contribution >= 0.6 is 12.4 Å². The number of unbranched alkanes of at least 4 members (excludes halogenated alkanes) is 12. The molecule has 0 fully saturated rings. The summed E-state index contributed by atoms with van der Waals surface area (Å²) in [4.78, 5) is 6.55. The van der Waals surface area contributed by atoms with Crippen LogP contribution in [0.15, 0.2) is 17.1 Å². The van der Waals surface area contributed by atoms with Gasteiger partial charge in [0.05, 0.1) is 6.54 Å². The fourth-order valence-corrected chi connectivity index (χ4v) is 3.50. The minimum absolute atomic E-state index is 0. The van der Waals surface area contributed by atoms with E-state index in [2.05, 4.69) is 29.0 Å². The molecule has 0 aromatic carbocycles. The van der Waals surface area contributed by atoms with Crippen molar-refractivity contribution in [3.63, 3.8) is 0 Å². The molecule has 0 spiro atoms. The van der Waals surface area contributed by atoms with Crippen molar-refractivity contribution in [2.24, 2.45) is 4.99 Å². The van der Waals surface area contributed by atoms with Crippen LogP contribution in [-0.4, -0.2) is 41.6 Å². The summed E-state index contributed by atoms with van der Waals surface area (Å²) in [5.74, 6) is 0.856. The van der Waals surface area contributed by atoms with Gasteiger partial charge in [-0.15, -0.1) is 12.4 Å². The zero-order valence-electron chi connectivity index (χ0n) is 17.3. The Balaban J connectivity index is 0.00000625. The first-order valence-corrected chi connectivity index (χ1v) is 10.9. The van der Waals surface area contributed by atoms with Crippen molar-refractivity contribution in [1.82, 2.24) is 4.90 Å². The van der Waals surface area contributed by atoms with Crippen molar-refractivity contribution < 1.29 is 5.11 Å². The van der Waals surface area contributed by atoms with E-state index in [0.717, 1.165) is 25.5 Å². The molecule has 0 bridgehead atoms. The molecule has 0 amide bonds. The Labute approximate surface area is 168 Å². The molecule has 1 atom stereocenters. The van der Waals surface area contributed by atoms with Crippen LogP contribution in [0.1, 0.15) is 97.3 Å². The summed E-state index contributed by atoms with van der Waals surface area (Å²) in [6.45, 7) is 6.75. The standard InChI is InChI=1S/C22H42N2O.ClH/c1-3-4-5-6-7-8-9-10-11-12-13-14-15-16-17-19-24-20-18-23-22(24)21(2)25;/h16-17,21,25H,3-15,18-20H2,1-2H3;1H. The lowest BCUT2D eigenvalue weighted by molar-refractivity contribution is 0.245. The lowest BCUT2D eigenvalue weighted by Gasteiger charge is -2.20. The van der Waals surface area contributed by atoms with Crippen molar-refractivity contribution in [2.75, 3.05) is 19.6 Å². The summed E-state index contributed by atoms with van der Waals surface area (Å²) >= 11 is 0. The van der Waals surface area contributed by atoms with Gasteiger partial charge in [0.15, 0.2) is 0 Å². The minimum Gasteiger partial charge on any atom is -0.385 e. The van der Waals surface area contributed by atoms with Crippen LogP contribution in [0.3, 0.4) is 0 Å². The van der Waals surface area contributed by atoms with Crippen molar-refractivity contribution in [2.45, 2.75) is 103 Å². The molecule has 0 radical (unpaired) electrons. The average Bonchev–Trinajstić information content (AvgIpc) is 3.07. The van der Waals surface area contributed by atoms with Gasteiger partial charge in [-0.05, 0) is 19.8 Å². The zero-order chi connectivity index (χ0) is 18.2. The number of aliphatic imine (C=N–C) groups is 1. The Morgan fingerprint density at radius 1 is 0.923 bits per heavy atom. The van der Waals surface area contributed by atoms with Crippen LogP contribution < -0.4 is 0 Å². The molecule has 0 saturated heterocycles. The number of allylic oxidation sites excluding steroid dienone is 1. The van der Waals surface area contributed by atoms with Crippen LogP contribution in [0.5, 0.6) is 0 Å². The number of aliphatic hydroxyl groups is 1. The van der Waals surface area contributed by atoms with Crippen LogP contribution in [0.4, 0.5) is 0 Å². The molecule has 1 aliphatic heterocycles. The molecular weight excluding hydrogens is 344 g/mol. The number of amidine groups is 1. The predicted octanol–water partition coefficient (Wildman–Crippen LogP) is 6.15. The highest BCUT2D eigenvalue weighted by atomic mass is 35.5. The summed E-state index contributed by atoms with van der Waals surface area (Å²) in [5, 5.41) is 9.65. The van der Waals surface area contributed by atoms with Gasteiger partial charge in [0, 0.05) is 13.1 Å². The second-order valence-electron chi connectivity index (χ2n) is 7.51. The third-order valence-electron chi connectivity index (χ3n) is 5.06. The van der Waals surface area contributed by atoms with Gasteiger partial charge < -0.3 is 10.0 Å². The van der Waals surface area contributed by atoms with E-state index in [1.807, 2.05) is 0 Å². The molecule has 0 aromatic rings. The van der Waals surface area contributed by atoms with E-state index in [4.69, 9.17) is 0 Å². The van der Waals surface area contributed by atoms with Gasteiger partial charge in [-0.25, -0.2) is 0 Å². The number of hydrogen-bond acceptors (Lipinski definition) is 3. The molecular formula is C22H43ClN2O. The van der Waals surface area contributed by atoms with Gasteiger partial charge in [0.1, 0.15) is 11.9 Å². The van der Waals surface area contributed by atoms with Gasteiger partial charge in [0.25, 0.3) is 0 Å². The summed E-state index contributed by atoms with van der Waals surface area (Å²) in [6.07, 6.45) is 22.2. The van der Waals surface area contributed by atoms with E-state index < -0.39 is 6.10 Å². The highest BCUT2D eigenvalue weighted by Crippen LogP contribution is 2.12. The molecule has 1 heterocycles. The molecule has 0 aliphatic carbocycles. The monoisotopic (exact) mass is 386 g/mol. The maximum atomic E-state index is 9.65. The van der Waals surface area contributed by atoms with E-state index in [9.17, 15) is 5.11 Å². The summed E-state index contributed by atoms with van der Waals surface area (Å²) in [7, 11) is 0. The molecule has 3 nitrogen and oxygen atoms in total. The minimum atomic E-state index is -0.438. The van der Waals surface area contributed by atoms with Gasteiger partial charge >= 0.3 is 0 Å². The largest absolute Gasteiger partial charge is 0.385 e. The molecule has 26 heavy (non-hydrogen) atoms. The molecule has 1 unspecified atom stereocenters. The van der Waals surface area contributed by atoms with Gasteiger partial charge in [-0.3, -0.25) is 4.99 Å². The predicted molar refractivity (Wildman–Crippen MR) is 118 cm³/mol. The van der Waals surface area contributed by atoms with Crippen LogP contribution in [0.25, 0.3) is 0 Å². The highest BCUT2D eigenvalue weighted by molar-refractivity contribution is 5.87. The number of halogens is 1. The average molecular weight is 387 g/mol. The third kappa shape index (κ3) is 12.8. The SMILES string of the molecule is CCCCCCCCCCCCCCC=CCN1CCN=C1C(C)O.Cl. The molecule has 1 aliphatic rings. The maximum Gasteiger partial charge on any atom is 0.128 e. The Morgan fingerprint density at radius 3 is 2.00 bits per heavy atom. The lowest BCUT2D eigenvalue weighted by atomic mass is 10.0.